The molecule has 1 amide bonds. The molecule has 2 saturated heterocycles. The zero-order valence-corrected chi connectivity index (χ0v) is 11.7. The molecule has 108 valence electrons. The monoisotopic (exact) mass is 276 g/mol. The molecule has 1 aromatic heterocycles. The van der Waals surface area contributed by atoms with Gasteiger partial charge in [-0.25, -0.2) is 9.97 Å². The molecule has 3 heterocycles. The fourth-order valence-electron chi connectivity index (χ4n) is 2.73. The topological polar surface area (TPSA) is 67.4 Å². The van der Waals surface area contributed by atoms with E-state index in [1.807, 2.05) is 4.90 Å². The van der Waals surface area contributed by atoms with Crippen LogP contribution < -0.4 is 5.32 Å². The third-order valence-electron chi connectivity index (χ3n) is 3.76. The SMILES string of the molecule is CCCNc1cnc(C(=O)N2CC3CCC(C2)O3)cn1. The van der Waals surface area contributed by atoms with Crippen LogP contribution in [0.1, 0.15) is 36.7 Å². The summed E-state index contributed by atoms with van der Waals surface area (Å²) in [6.07, 6.45) is 6.72. The Morgan fingerprint density at radius 1 is 1.35 bits per heavy atom. The Morgan fingerprint density at radius 2 is 2.10 bits per heavy atom. The first-order valence-electron chi connectivity index (χ1n) is 7.27. The minimum Gasteiger partial charge on any atom is -0.371 e. The van der Waals surface area contributed by atoms with Crippen molar-refractivity contribution in [3.05, 3.63) is 18.1 Å². The molecule has 6 nitrogen and oxygen atoms in total. The van der Waals surface area contributed by atoms with Gasteiger partial charge in [0.2, 0.25) is 0 Å². The Hall–Kier alpha value is -1.69. The van der Waals surface area contributed by atoms with Crippen LogP contribution in [0.25, 0.3) is 0 Å². The smallest absolute Gasteiger partial charge is 0.274 e. The van der Waals surface area contributed by atoms with Gasteiger partial charge in [-0.15, -0.1) is 0 Å². The minimum absolute atomic E-state index is 0.0419. The Morgan fingerprint density at radius 3 is 2.70 bits per heavy atom. The van der Waals surface area contributed by atoms with E-state index in [0.29, 0.717) is 24.6 Å². The first-order valence-corrected chi connectivity index (χ1v) is 7.27. The molecule has 20 heavy (non-hydrogen) atoms. The maximum atomic E-state index is 12.4. The van der Waals surface area contributed by atoms with E-state index in [-0.39, 0.29) is 18.1 Å². The van der Waals surface area contributed by atoms with Crippen LogP contribution in [0.3, 0.4) is 0 Å². The number of carbonyl (C=O) groups excluding carboxylic acids is 1. The van der Waals surface area contributed by atoms with Crippen LogP contribution in [0.2, 0.25) is 0 Å². The Labute approximate surface area is 118 Å². The Bertz CT molecular complexity index is 465. The second kappa shape index (κ2) is 5.75. The molecule has 2 aliphatic rings. The first-order chi connectivity index (χ1) is 9.76. The van der Waals surface area contributed by atoms with Gasteiger partial charge in [0.05, 0.1) is 24.6 Å². The second-order valence-electron chi connectivity index (χ2n) is 5.38. The number of hydrogen-bond acceptors (Lipinski definition) is 5. The van der Waals surface area contributed by atoms with E-state index in [1.165, 1.54) is 0 Å². The molecule has 2 unspecified atom stereocenters. The van der Waals surface area contributed by atoms with Crippen molar-refractivity contribution in [1.82, 2.24) is 14.9 Å². The van der Waals surface area contributed by atoms with Gasteiger partial charge in [0.25, 0.3) is 5.91 Å². The van der Waals surface area contributed by atoms with E-state index in [2.05, 4.69) is 22.2 Å². The zero-order valence-electron chi connectivity index (χ0n) is 11.7. The van der Waals surface area contributed by atoms with Crippen molar-refractivity contribution >= 4 is 11.7 Å². The number of carbonyl (C=O) groups is 1. The molecule has 6 heteroatoms. The predicted molar refractivity (Wildman–Crippen MR) is 74.6 cm³/mol. The van der Waals surface area contributed by atoms with Gasteiger partial charge in [-0.3, -0.25) is 4.79 Å². The summed E-state index contributed by atoms with van der Waals surface area (Å²) in [6, 6.07) is 0. The average Bonchev–Trinajstić information content (AvgIpc) is 2.83. The van der Waals surface area contributed by atoms with Gasteiger partial charge in [-0.1, -0.05) is 6.92 Å². The van der Waals surface area contributed by atoms with Crippen molar-refractivity contribution < 1.29 is 9.53 Å². The van der Waals surface area contributed by atoms with Gasteiger partial charge >= 0.3 is 0 Å². The van der Waals surface area contributed by atoms with E-state index < -0.39 is 0 Å². The summed E-state index contributed by atoms with van der Waals surface area (Å²) in [7, 11) is 0. The number of nitrogens with one attached hydrogen (secondary N) is 1. The second-order valence-corrected chi connectivity index (χ2v) is 5.38. The summed E-state index contributed by atoms with van der Waals surface area (Å²) in [5.41, 5.74) is 0.411. The number of fused-ring (bicyclic) bond motifs is 2. The molecular weight excluding hydrogens is 256 g/mol. The highest BCUT2D eigenvalue weighted by molar-refractivity contribution is 5.92. The lowest BCUT2D eigenvalue weighted by Gasteiger charge is -2.31. The normalized spacial score (nSPS) is 24.8. The number of likely N-dealkylation sites (tertiary alicyclic amines) is 1. The minimum atomic E-state index is -0.0419. The number of aromatic nitrogens is 2. The van der Waals surface area contributed by atoms with Gasteiger partial charge in [-0.2, -0.15) is 0 Å². The van der Waals surface area contributed by atoms with Gasteiger partial charge in [0, 0.05) is 19.6 Å². The highest BCUT2D eigenvalue weighted by Gasteiger charge is 2.36. The van der Waals surface area contributed by atoms with E-state index in [9.17, 15) is 4.79 Å². The van der Waals surface area contributed by atoms with Crippen molar-refractivity contribution in [1.29, 1.82) is 0 Å². The number of nitrogens with zero attached hydrogens (tertiary/aromatic N) is 3. The van der Waals surface area contributed by atoms with Gasteiger partial charge in [0.15, 0.2) is 0 Å². The molecule has 3 rings (SSSR count). The fraction of sp³-hybridized carbons (Fsp3) is 0.643. The van der Waals surface area contributed by atoms with Crippen molar-refractivity contribution in [3.63, 3.8) is 0 Å². The van der Waals surface area contributed by atoms with Crippen molar-refractivity contribution in [3.8, 4) is 0 Å². The number of morpholine rings is 1. The van der Waals surface area contributed by atoms with Crippen LogP contribution >= 0.6 is 0 Å². The summed E-state index contributed by atoms with van der Waals surface area (Å²) < 4.78 is 5.74. The molecule has 0 spiro atoms. The first kappa shape index (κ1) is 13.3. The summed E-state index contributed by atoms with van der Waals surface area (Å²) in [5.74, 6) is 0.671. The molecule has 0 aromatic carbocycles. The van der Waals surface area contributed by atoms with E-state index in [1.54, 1.807) is 12.4 Å². The van der Waals surface area contributed by atoms with Gasteiger partial charge in [-0.05, 0) is 19.3 Å². The summed E-state index contributed by atoms with van der Waals surface area (Å²) >= 11 is 0. The lowest BCUT2D eigenvalue weighted by atomic mass is 10.2. The Kier molecular flexibility index (Phi) is 3.82. The highest BCUT2D eigenvalue weighted by atomic mass is 16.5. The van der Waals surface area contributed by atoms with Crippen LogP contribution in [0, 0.1) is 0 Å². The molecule has 0 aliphatic carbocycles. The number of ether oxygens (including phenoxy) is 1. The molecule has 1 N–H and O–H groups in total. The van der Waals surface area contributed by atoms with E-state index in [0.717, 1.165) is 25.8 Å². The highest BCUT2D eigenvalue weighted by Crippen LogP contribution is 2.26. The molecule has 1 aromatic rings. The van der Waals surface area contributed by atoms with Crippen LogP contribution in [-0.4, -0.2) is 52.6 Å². The Balaban J connectivity index is 1.64. The zero-order chi connectivity index (χ0) is 13.9. The average molecular weight is 276 g/mol. The van der Waals surface area contributed by atoms with Crippen LogP contribution in [0.4, 0.5) is 5.82 Å². The van der Waals surface area contributed by atoms with Crippen molar-refractivity contribution in [2.75, 3.05) is 25.0 Å². The lowest BCUT2D eigenvalue weighted by molar-refractivity contribution is -0.0305. The summed E-state index contributed by atoms with van der Waals surface area (Å²) in [5, 5.41) is 3.15. The lowest BCUT2D eigenvalue weighted by Crippen LogP contribution is -2.46. The molecular formula is C14H20N4O2. The maximum absolute atomic E-state index is 12.4. The summed E-state index contributed by atoms with van der Waals surface area (Å²) in [6.45, 7) is 4.29. The largest absolute Gasteiger partial charge is 0.371 e. The molecule has 0 radical (unpaired) electrons. The molecule has 2 bridgehead atoms. The number of hydrogen-bond donors (Lipinski definition) is 1. The van der Waals surface area contributed by atoms with Gasteiger partial charge in [0.1, 0.15) is 11.5 Å². The number of amides is 1. The molecule has 0 saturated carbocycles. The van der Waals surface area contributed by atoms with E-state index >= 15 is 0 Å². The predicted octanol–water partition coefficient (Wildman–Crippen LogP) is 1.30. The third-order valence-corrected chi connectivity index (χ3v) is 3.76. The number of anilines is 1. The molecule has 2 fully saturated rings. The quantitative estimate of drug-likeness (QED) is 0.898. The standard InChI is InChI=1S/C14H20N4O2/c1-2-5-15-13-7-16-12(6-17-13)14(19)18-8-10-3-4-11(9-18)20-10/h6-7,10-11H,2-5,8-9H2,1H3,(H,15,17). The van der Waals surface area contributed by atoms with Gasteiger partial charge < -0.3 is 15.0 Å². The third kappa shape index (κ3) is 2.75. The number of rotatable bonds is 4. The van der Waals surface area contributed by atoms with Crippen LogP contribution in [0.15, 0.2) is 12.4 Å². The van der Waals surface area contributed by atoms with Crippen LogP contribution in [0.5, 0.6) is 0 Å². The molecule has 2 aliphatic heterocycles. The summed E-state index contributed by atoms with van der Waals surface area (Å²) in [4.78, 5) is 22.7. The van der Waals surface area contributed by atoms with Crippen molar-refractivity contribution in [2.45, 2.75) is 38.4 Å². The van der Waals surface area contributed by atoms with Crippen molar-refractivity contribution in [2.24, 2.45) is 0 Å². The van der Waals surface area contributed by atoms with E-state index in [4.69, 9.17) is 4.74 Å². The maximum Gasteiger partial charge on any atom is 0.274 e. The molecule has 2 atom stereocenters. The fourth-order valence-corrected chi connectivity index (χ4v) is 2.73. The van der Waals surface area contributed by atoms with Crippen LogP contribution in [-0.2, 0) is 4.74 Å².